The number of rotatable bonds is 3. The van der Waals surface area contributed by atoms with E-state index in [4.69, 9.17) is 5.73 Å². The molecule has 0 saturated heterocycles. The monoisotopic (exact) mass is 243 g/mol. The van der Waals surface area contributed by atoms with Crippen LogP contribution in [-0.2, 0) is 26.2 Å². The summed E-state index contributed by atoms with van der Waals surface area (Å²) >= 11 is 0. The van der Waals surface area contributed by atoms with E-state index in [-0.39, 0.29) is 0 Å². The maximum Gasteiger partial charge on any atom is 0.147 e. The molecule has 0 bridgehead atoms. The molecule has 0 radical (unpaired) electrons. The Morgan fingerprint density at radius 3 is 2.94 bits per heavy atom. The van der Waals surface area contributed by atoms with E-state index < -0.39 is 0 Å². The second-order valence-corrected chi connectivity index (χ2v) is 4.71. The molecule has 5 nitrogen and oxygen atoms in total. The molecule has 1 aromatic heterocycles. The van der Waals surface area contributed by atoms with Crippen LogP contribution in [0.15, 0.2) is 24.5 Å². The van der Waals surface area contributed by atoms with Crippen LogP contribution in [0.3, 0.4) is 0 Å². The predicted molar refractivity (Wildman–Crippen MR) is 69.5 cm³/mol. The Hall–Kier alpha value is -1.88. The van der Waals surface area contributed by atoms with Gasteiger partial charge in [0.05, 0.1) is 6.54 Å². The number of hydrogen-bond acceptors (Lipinski definition) is 4. The normalized spacial score (nSPS) is 14.9. The number of nitrogens with two attached hydrogens (primary N) is 1. The Labute approximate surface area is 106 Å². The van der Waals surface area contributed by atoms with Gasteiger partial charge in [0.25, 0.3) is 0 Å². The number of anilines is 1. The molecule has 2 N–H and O–H groups in total. The third-order valence-electron chi connectivity index (χ3n) is 3.42. The number of benzene rings is 1. The van der Waals surface area contributed by atoms with Crippen LogP contribution in [-0.4, -0.2) is 19.7 Å². The van der Waals surface area contributed by atoms with Crippen LogP contribution in [0.5, 0.6) is 0 Å². The van der Waals surface area contributed by atoms with Crippen molar-refractivity contribution in [3.05, 3.63) is 41.5 Å². The van der Waals surface area contributed by atoms with Gasteiger partial charge in [-0.2, -0.15) is 0 Å². The lowest BCUT2D eigenvalue weighted by Crippen LogP contribution is -2.18. The van der Waals surface area contributed by atoms with E-state index in [1.165, 1.54) is 11.1 Å². The Bertz CT molecular complexity index is 560. The van der Waals surface area contributed by atoms with Gasteiger partial charge in [-0.25, -0.2) is 0 Å². The molecule has 0 spiro atoms. The van der Waals surface area contributed by atoms with Gasteiger partial charge in [0, 0.05) is 25.3 Å². The molecule has 1 aliphatic rings. The Kier molecular flexibility index (Phi) is 2.76. The van der Waals surface area contributed by atoms with E-state index in [0.717, 1.165) is 37.7 Å². The van der Waals surface area contributed by atoms with E-state index in [1.807, 2.05) is 6.07 Å². The molecule has 5 heteroatoms. The van der Waals surface area contributed by atoms with Crippen LogP contribution in [0.25, 0.3) is 0 Å². The summed E-state index contributed by atoms with van der Waals surface area (Å²) in [5.41, 5.74) is 9.35. The molecule has 1 aromatic carbocycles. The van der Waals surface area contributed by atoms with Crippen LogP contribution in [0.1, 0.15) is 23.9 Å². The fourth-order valence-electron chi connectivity index (χ4n) is 2.46. The largest absolute Gasteiger partial charge is 0.399 e. The first-order valence-electron chi connectivity index (χ1n) is 6.22. The van der Waals surface area contributed by atoms with Crippen molar-refractivity contribution in [3.8, 4) is 0 Å². The average Bonchev–Trinajstić information content (AvgIpc) is 2.94. The molecule has 0 fully saturated rings. The van der Waals surface area contributed by atoms with Gasteiger partial charge in [-0.05, 0) is 30.2 Å². The summed E-state index contributed by atoms with van der Waals surface area (Å²) in [5, 5.41) is 8.14. The minimum atomic E-state index is 0.836. The van der Waals surface area contributed by atoms with Crippen LogP contribution in [0.2, 0.25) is 0 Å². The van der Waals surface area contributed by atoms with Gasteiger partial charge in [-0.1, -0.05) is 6.07 Å². The highest BCUT2D eigenvalue weighted by Gasteiger charge is 2.20. The van der Waals surface area contributed by atoms with E-state index in [2.05, 4.69) is 38.7 Å². The van der Waals surface area contributed by atoms with Crippen LogP contribution < -0.4 is 5.73 Å². The van der Waals surface area contributed by atoms with Crippen molar-refractivity contribution in [3.63, 3.8) is 0 Å². The molecule has 94 valence electrons. The maximum absolute atomic E-state index is 5.81. The smallest absolute Gasteiger partial charge is 0.147 e. The van der Waals surface area contributed by atoms with Crippen molar-refractivity contribution in [2.75, 3.05) is 5.73 Å². The summed E-state index contributed by atoms with van der Waals surface area (Å²) in [6, 6.07) is 6.16. The highest BCUT2D eigenvalue weighted by molar-refractivity contribution is 5.46. The van der Waals surface area contributed by atoms with Gasteiger partial charge < -0.3 is 10.3 Å². The Morgan fingerprint density at radius 1 is 1.28 bits per heavy atom. The average molecular weight is 243 g/mol. The first-order chi connectivity index (χ1) is 8.76. The first kappa shape index (κ1) is 11.2. The number of fused-ring (bicyclic) bond motifs is 1. The van der Waals surface area contributed by atoms with Crippen LogP contribution >= 0.6 is 0 Å². The summed E-state index contributed by atoms with van der Waals surface area (Å²) < 4.78 is 2.08. The van der Waals surface area contributed by atoms with Gasteiger partial charge in [0.15, 0.2) is 0 Å². The molecule has 0 saturated carbocycles. The highest BCUT2D eigenvalue weighted by atomic mass is 15.3. The van der Waals surface area contributed by atoms with Crippen molar-refractivity contribution >= 4 is 5.69 Å². The topological polar surface area (TPSA) is 60.0 Å². The van der Waals surface area contributed by atoms with Crippen LogP contribution in [0.4, 0.5) is 5.69 Å². The summed E-state index contributed by atoms with van der Waals surface area (Å²) in [5.74, 6) is 1.03. The lowest BCUT2D eigenvalue weighted by Gasteiger charge is -2.14. The molecule has 0 unspecified atom stereocenters. The number of hydrogen-bond donors (Lipinski definition) is 1. The number of nitrogen functional groups attached to an aromatic ring is 1. The molecule has 0 atom stereocenters. The summed E-state index contributed by atoms with van der Waals surface area (Å²) in [7, 11) is 0. The van der Waals surface area contributed by atoms with Crippen molar-refractivity contribution < 1.29 is 0 Å². The lowest BCUT2D eigenvalue weighted by molar-refractivity contribution is 0.264. The second-order valence-electron chi connectivity index (χ2n) is 4.71. The number of aromatic nitrogens is 3. The molecule has 0 amide bonds. The summed E-state index contributed by atoms with van der Waals surface area (Å²) in [6.07, 6.45) is 1.79. The standard InChI is InChI=1S/C13H17N5/c1-2-18-9-15-16-13(18)8-17-6-10-3-4-12(14)5-11(10)7-17/h3-5,9H,2,6-8,14H2,1H3. The van der Waals surface area contributed by atoms with Crippen molar-refractivity contribution in [2.24, 2.45) is 0 Å². The summed E-state index contributed by atoms with van der Waals surface area (Å²) in [6.45, 7) is 5.76. The molecular weight excluding hydrogens is 226 g/mol. The van der Waals surface area contributed by atoms with E-state index in [0.29, 0.717) is 0 Å². The second kappa shape index (κ2) is 4.42. The van der Waals surface area contributed by atoms with Gasteiger partial charge in [-0.3, -0.25) is 4.90 Å². The molecule has 1 aliphatic heterocycles. The highest BCUT2D eigenvalue weighted by Crippen LogP contribution is 2.25. The molecule has 0 aliphatic carbocycles. The SMILES string of the molecule is CCn1cnnc1CN1Cc2ccc(N)cc2C1. The zero-order chi connectivity index (χ0) is 12.5. The zero-order valence-corrected chi connectivity index (χ0v) is 10.5. The molecule has 2 aromatic rings. The van der Waals surface area contributed by atoms with Gasteiger partial charge in [0.2, 0.25) is 0 Å². The molecule has 18 heavy (non-hydrogen) atoms. The number of aryl methyl sites for hydroxylation is 1. The third-order valence-corrected chi connectivity index (χ3v) is 3.42. The zero-order valence-electron chi connectivity index (χ0n) is 10.5. The van der Waals surface area contributed by atoms with Crippen molar-refractivity contribution in [1.82, 2.24) is 19.7 Å². The fraction of sp³-hybridized carbons (Fsp3) is 0.385. The van der Waals surface area contributed by atoms with Crippen molar-refractivity contribution in [2.45, 2.75) is 33.1 Å². The van der Waals surface area contributed by atoms with E-state index in [9.17, 15) is 0 Å². The van der Waals surface area contributed by atoms with Crippen molar-refractivity contribution in [1.29, 1.82) is 0 Å². The minimum absolute atomic E-state index is 0.836. The van der Waals surface area contributed by atoms with Crippen LogP contribution in [0, 0.1) is 0 Å². The summed E-state index contributed by atoms with van der Waals surface area (Å²) in [4.78, 5) is 2.36. The Morgan fingerprint density at radius 2 is 2.11 bits per heavy atom. The molecule has 3 rings (SSSR count). The van der Waals surface area contributed by atoms with Gasteiger partial charge in [-0.15, -0.1) is 10.2 Å². The van der Waals surface area contributed by atoms with E-state index in [1.54, 1.807) is 6.33 Å². The van der Waals surface area contributed by atoms with E-state index >= 15 is 0 Å². The Balaban J connectivity index is 1.75. The van der Waals surface area contributed by atoms with Gasteiger partial charge >= 0.3 is 0 Å². The third kappa shape index (κ3) is 1.97. The fourth-order valence-corrected chi connectivity index (χ4v) is 2.46. The molecule has 2 heterocycles. The maximum atomic E-state index is 5.81. The molecular formula is C13H17N5. The van der Waals surface area contributed by atoms with Gasteiger partial charge in [0.1, 0.15) is 12.2 Å². The first-order valence-corrected chi connectivity index (χ1v) is 6.22. The predicted octanol–water partition coefficient (Wildman–Crippen LogP) is 1.40. The minimum Gasteiger partial charge on any atom is -0.399 e. The number of nitrogens with zero attached hydrogens (tertiary/aromatic N) is 4. The lowest BCUT2D eigenvalue weighted by atomic mass is 10.1. The quantitative estimate of drug-likeness (QED) is 0.828.